The average molecular weight is 336 g/mol. The molecule has 2 amide bonds. The van der Waals surface area contributed by atoms with Crippen LogP contribution in [0.25, 0.3) is 0 Å². The van der Waals surface area contributed by atoms with Gasteiger partial charge in [0.15, 0.2) is 6.61 Å². The average Bonchev–Trinajstić information content (AvgIpc) is 2.55. The summed E-state index contributed by atoms with van der Waals surface area (Å²) in [5.74, 6) is 1.65. The summed E-state index contributed by atoms with van der Waals surface area (Å²) in [6.45, 7) is 2.19. The molecule has 0 aromatic heterocycles. The van der Waals surface area contributed by atoms with Gasteiger partial charge in [0.1, 0.15) is 0 Å². The molecule has 6 nitrogen and oxygen atoms in total. The van der Waals surface area contributed by atoms with Crippen molar-refractivity contribution in [3.8, 4) is 0 Å². The van der Waals surface area contributed by atoms with E-state index in [1.165, 1.54) is 6.42 Å². The van der Waals surface area contributed by atoms with Crippen LogP contribution in [0.4, 0.5) is 0 Å². The monoisotopic (exact) mass is 336 g/mol. The molecule has 4 aliphatic carbocycles. The SMILES string of the molecule is CCCNC(=O)CNC(=O)COC(=O)C1C2CC3CC(C2)CC1C3. The van der Waals surface area contributed by atoms with Crippen molar-refractivity contribution in [1.82, 2.24) is 10.6 Å². The quantitative estimate of drug-likeness (QED) is 0.685. The van der Waals surface area contributed by atoms with Gasteiger partial charge in [0, 0.05) is 6.54 Å². The summed E-state index contributed by atoms with van der Waals surface area (Å²) in [5.41, 5.74) is 0. The molecule has 0 radical (unpaired) electrons. The molecule has 0 aromatic carbocycles. The molecule has 2 N–H and O–H groups in total. The van der Waals surface area contributed by atoms with Gasteiger partial charge in [-0.05, 0) is 62.2 Å². The van der Waals surface area contributed by atoms with Gasteiger partial charge in [-0.3, -0.25) is 14.4 Å². The van der Waals surface area contributed by atoms with E-state index in [-0.39, 0.29) is 30.9 Å². The van der Waals surface area contributed by atoms with Crippen molar-refractivity contribution in [2.45, 2.75) is 45.4 Å². The largest absolute Gasteiger partial charge is 0.455 e. The van der Waals surface area contributed by atoms with Crippen molar-refractivity contribution in [2.75, 3.05) is 19.7 Å². The number of nitrogens with one attached hydrogen (secondary N) is 2. The number of hydrogen-bond donors (Lipinski definition) is 2. The highest BCUT2D eigenvalue weighted by molar-refractivity contribution is 5.86. The zero-order valence-electron chi connectivity index (χ0n) is 14.4. The van der Waals surface area contributed by atoms with Gasteiger partial charge in [0.05, 0.1) is 12.5 Å². The second kappa shape index (κ2) is 7.53. The van der Waals surface area contributed by atoms with E-state index in [4.69, 9.17) is 4.74 Å². The lowest BCUT2D eigenvalue weighted by molar-refractivity contribution is -0.164. The Morgan fingerprint density at radius 3 is 2.12 bits per heavy atom. The summed E-state index contributed by atoms with van der Waals surface area (Å²) in [5, 5.41) is 5.16. The van der Waals surface area contributed by atoms with Crippen LogP contribution in [0.5, 0.6) is 0 Å². The smallest absolute Gasteiger partial charge is 0.310 e. The van der Waals surface area contributed by atoms with Crippen molar-refractivity contribution in [1.29, 1.82) is 0 Å². The van der Waals surface area contributed by atoms with E-state index >= 15 is 0 Å². The minimum Gasteiger partial charge on any atom is -0.455 e. The molecule has 4 bridgehead atoms. The molecule has 0 unspecified atom stereocenters. The molecule has 4 aliphatic rings. The van der Waals surface area contributed by atoms with Crippen LogP contribution in [0.3, 0.4) is 0 Å². The third-order valence-corrected chi connectivity index (χ3v) is 5.86. The van der Waals surface area contributed by atoms with E-state index in [9.17, 15) is 14.4 Å². The first kappa shape index (κ1) is 17.2. The maximum atomic E-state index is 12.4. The summed E-state index contributed by atoms with van der Waals surface area (Å²) in [6.07, 6.45) is 6.79. The zero-order valence-corrected chi connectivity index (χ0v) is 14.4. The van der Waals surface area contributed by atoms with Gasteiger partial charge >= 0.3 is 5.97 Å². The van der Waals surface area contributed by atoms with Gasteiger partial charge < -0.3 is 15.4 Å². The Bertz CT molecular complexity index is 477. The van der Waals surface area contributed by atoms with E-state index in [0.717, 1.165) is 43.9 Å². The fraction of sp³-hybridized carbons (Fsp3) is 0.833. The van der Waals surface area contributed by atoms with Crippen molar-refractivity contribution < 1.29 is 19.1 Å². The number of ether oxygens (including phenoxy) is 1. The topological polar surface area (TPSA) is 84.5 Å². The number of carbonyl (C=O) groups excluding carboxylic acids is 3. The summed E-state index contributed by atoms with van der Waals surface area (Å²) in [6, 6.07) is 0. The molecule has 0 spiro atoms. The number of esters is 1. The molecule has 134 valence electrons. The van der Waals surface area contributed by atoms with Crippen LogP contribution in [-0.2, 0) is 19.1 Å². The van der Waals surface area contributed by atoms with Gasteiger partial charge in [-0.15, -0.1) is 0 Å². The molecular formula is C18H28N2O4. The molecular weight excluding hydrogens is 308 g/mol. The number of carbonyl (C=O) groups is 3. The molecule has 0 atom stereocenters. The molecule has 6 heteroatoms. The fourth-order valence-electron chi connectivity index (χ4n) is 5.10. The normalized spacial score (nSPS) is 33.1. The Balaban J connectivity index is 1.39. The molecule has 0 saturated heterocycles. The van der Waals surface area contributed by atoms with Crippen molar-refractivity contribution in [3.05, 3.63) is 0 Å². The van der Waals surface area contributed by atoms with Crippen LogP contribution in [0, 0.1) is 29.6 Å². The lowest BCUT2D eigenvalue weighted by atomic mass is 9.52. The van der Waals surface area contributed by atoms with Gasteiger partial charge in [0.25, 0.3) is 5.91 Å². The highest BCUT2D eigenvalue weighted by atomic mass is 16.5. The van der Waals surface area contributed by atoms with Crippen molar-refractivity contribution >= 4 is 17.8 Å². The van der Waals surface area contributed by atoms with Crippen molar-refractivity contribution in [3.63, 3.8) is 0 Å². The first-order valence-electron chi connectivity index (χ1n) is 9.26. The van der Waals surface area contributed by atoms with E-state index in [1.807, 2.05) is 6.92 Å². The first-order valence-corrected chi connectivity index (χ1v) is 9.26. The minimum atomic E-state index is -0.418. The van der Waals surface area contributed by atoms with Crippen molar-refractivity contribution in [2.24, 2.45) is 29.6 Å². The van der Waals surface area contributed by atoms with E-state index in [0.29, 0.717) is 18.4 Å². The first-order chi connectivity index (χ1) is 11.6. The standard InChI is InChI=1S/C18H28N2O4/c1-2-3-19-15(21)9-20-16(22)10-24-18(23)17-13-5-11-4-12(7-13)8-14(17)6-11/h11-14,17H,2-10H2,1H3,(H,19,21)(H,20,22). The Hall–Kier alpha value is -1.59. The second-order valence-electron chi connectivity index (χ2n) is 7.69. The summed E-state index contributed by atoms with van der Waals surface area (Å²) in [4.78, 5) is 35.6. The van der Waals surface area contributed by atoms with Crippen LogP contribution < -0.4 is 10.6 Å². The Kier molecular flexibility index (Phi) is 5.41. The molecule has 4 rings (SSSR count). The van der Waals surface area contributed by atoms with E-state index < -0.39 is 5.91 Å². The molecule has 0 aliphatic heterocycles. The van der Waals surface area contributed by atoms with E-state index in [2.05, 4.69) is 10.6 Å². The van der Waals surface area contributed by atoms with Crippen LogP contribution in [-0.4, -0.2) is 37.5 Å². The lowest BCUT2D eigenvalue weighted by Gasteiger charge is -2.53. The van der Waals surface area contributed by atoms with Crippen LogP contribution >= 0.6 is 0 Å². The molecule has 0 heterocycles. The van der Waals surface area contributed by atoms with Crippen LogP contribution in [0.2, 0.25) is 0 Å². The summed E-state index contributed by atoms with van der Waals surface area (Å²) in [7, 11) is 0. The second-order valence-corrected chi connectivity index (χ2v) is 7.69. The predicted molar refractivity (Wildman–Crippen MR) is 87.8 cm³/mol. The number of amides is 2. The van der Waals surface area contributed by atoms with Gasteiger partial charge in [0.2, 0.25) is 5.91 Å². The Labute approximate surface area is 143 Å². The van der Waals surface area contributed by atoms with Crippen LogP contribution in [0.1, 0.15) is 45.4 Å². The predicted octanol–water partition coefficient (Wildman–Crippen LogP) is 1.24. The minimum absolute atomic E-state index is 0.0153. The third kappa shape index (κ3) is 3.90. The number of hydrogen-bond acceptors (Lipinski definition) is 4. The summed E-state index contributed by atoms with van der Waals surface area (Å²) >= 11 is 0. The van der Waals surface area contributed by atoms with Gasteiger partial charge in [-0.25, -0.2) is 0 Å². The van der Waals surface area contributed by atoms with Crippen LogP contribution in [0.15, 0.2) is 0 Å². The number of rotatable bonds is 7. The Morgan fingerprint density at radius 1 is 0.917 bits per heavy atom. The maximum absolute atomic E-state index is 12.4. The van der Waals surface area contributed by atoms with E-state index in [1.54, 1.807) is 0 Å². The molecule has 4 fully saturated rings. The lowest BCUT2D eigenvalue weighted by Crippen LogP contribution is -2.49. The molecule has 24 heavy (non-hydrogen) atoms. The van der Waals surface area contributed by atoms with Gasteiger partial charge in [-0.2, -0.15) is 0 Å². The molecule has 4 saturated carbocycles. The summed E-state index contributed by atoms with van der Waals surface area (Å²) < 4.78 is 5.26. The molecule has 0 aromatic rings. The highest BCUT2D eigenvalue weighted by Crippen LogP contribution is 2.56. The fourth-order valence-corrected chi connectivity index (χ4v) is 5.10. The third-order valence-electron chi connectivity index (χ3n) is 5.86. The Morgan fingerprint density at radius 2 is 1.54 bits per heavy atom. The van der Waals surface area contributed by atoms with Gasteiger partial charge in [-0.1, -0.05) is 6.92 Å². The zero-order chi connectivity index (χ0) is 17.1. The maximum Gasteiger partial charge on any atom is 0.310 e. The highest BCUT2D eigenvalue weighted by Gasteiger charge is 2.51.